The van der Waals surface area contributed by atoms with Gasteiger partial charge in [-0.25, -0.2) is 0 Å². The summed E-state index contributed by atoms with van der Waals surface area (Å²) in [5, 5.41) is 328. The maximum Gasteiger partial charge on any atom is 0.217 e. The second-order valence-electron chi connectivity index (χ2n) is 30.1. The molecule has 9 aliphatic heterocycles. The highest BCUT2D eigenvalue weighted by Crippen LogP contribution is 2.40. The molecular weight excluding hydrogens is 1630 g/mol. The van der Waals surface area contributed by atoms with E-state index >= 15 is 0 Å². The van der Waals surface area contributed by atoms with Crippen molar-refractivity contribution in [3.63, 3.8) is 0 Å². The molecule has 0 aromatic heterocycles. The summed E-state index contributed by atoms with van der Waals surface area (Å²) in [6, 6.07) is -5.83. The van der Waals surface area contributed by atoms with Crippen LogP contribution < -0.4 is 16.0 Å². The van der Waals surface area contributed by atoms with Gasteiger partial charge in [0.1, 0.15) is 232 Å². The summed E-state index contributed by atoms with van der Waals surface area (Å²) in [7, 11) is 0. The second kappa shape index (κ2) is 43.8. The van der Waals surface area contributed by atoms with Crippen molar-refractivity contribution < 1.29 is 248 Å². The zero-order chi connectivity index (χ0) is 87.9. The fourth-order valence-electron chi connectivity index (χ4n) is 14.9. The third kappa shape index (κ3) is 22.6. The first kappa shape index (κ1) is 99.3. The van der Waals surface area contributed by atoms with E-state index in [0.717, 1.165) is 20.8 Å². The van der Waals surface area contributed by atoms with Gasteiger partial charge >= 0.3 is 0 Å². The molecule has 9 saturated heterocycles. The molecule has 0 bridgehead atoms. The molecule has 53 heteroatoms. The van der Waals surface area contributed by atoms with E-state index in [-0.39, 0.29) is 0 Å². The number of hydrogen-bond donors (Lipinski definition) is 32. The molecule has 0 aliphatic carbocycles. The standard InChI is InChI=1S/C66H113N3O50/c1-15-31(81)41(91)46(96)60(105-15)102-12-20(80)52(32(82)19(5-70)67-16(2)77)114-58-29(68-17(3)78)39(89)54(26(11-76)110-58)116-65-51(101)56(118-66-57(45(95)36(86)24(9-74)109-66)119-59-30(69-18(4)79)40(90)53(25(10-75)111-59)115-63-48(98)43(93)34(84)22(7-72)107-63)38(88)28(113-65)14-104-62-50(100)55(117-64-49(99)44(94)35(85)23(8-73)108-64)37(87)27(112-62)13-103-61-47(97)42(92)33(83)21(6-71)106-61/h15,19-66,70-76,80-101H,5-14H2,1-4H3,(H,67,77)(H,68,78)(H,69,79)/t15-,19-,20+,21+,22+,23+,24+,25+,26+,27+,28+,29+,30+,31+,32+,33+,34-,35+,36+,37+,38+,39+,40+,41+,42-,43-,44-,45-,46-,47-,48+,49-,50-,51-,52+,53+,54+,55-,56-,57-,58-,59-,60+,61-,62-,63-,64+,65-,66+/m0/s1. The minimum atomic E-state index is -2.65. The molecule has 0 radical (unpaired) electrons. The molecule has 0 saturated carbocycles. The Hall–Kier alpha value is -3.47. The minimum Gasteiger partial charge on any atom is -0.394 e. The highest BCUT2D eigenvalue weighted by molar-refractivity contribution is 5.74. The quantitative estimate of drug-likeness (QED) is 0.0284. The van der Waals surface area contributed by atoms with Crippen molar-refractivity contribution in [3.05, 3.63) is 0 Å². The summed E-state index contributed by atoms with van der Waals surface area (Å²) in [5.41, 5.74) is 0. The van der Waals surface area contributed by atoms with Gasteiger partial charge in [0.05, 0.1) is 78.2 Å². The van der Waals surface area contributed by atoms with E-state index in [9.17, 15) is 162 Å². The fraction of sp³-hybridized carbons (Fsp3) is 0.955. The Morgan fingerprint density at radius 2 is 0.639 bits per heavy atom. The zero-order valence-corrected chi connectivity index (χ0v) is 63.9. The van der Waals surface area contributed by atoms with Gasteiger partial charge in [-0.2, -0.15) is 0 Å². The molecule has 0 spiro atoms. The number of aliphatic hydroxyl groups is 29. The Labute approximate surface area is 674 Å². The number of amides is 3. The van der Waals surface area contributed by atoms with Gasteiger partial charge in [0.2, 0.25) is 17.7 Å². The molecule has 49 atom stereocenters. The van der Waals surface area contributed by atoms with Crippen molar-refractivity contribution in [1.29, 1.82) is 0 Å². The fourth-order valence-corrected chi connectivity index (χ4v) is 14.9. The number of aliphatic hydroxyl groups excluding tert-OH is 29. The normalized spacial score (nSPS) is 47.9. The van der Waals surface area contributed by atoms with Crippen LogP contribution in [0.2, 0.25) is 0 Å². The maximum absolute atomic E-state index is 13.2. The predicted octanol–water partition coefficient (Wildman–Crippen LogP) is -21.7. The Balaban J connectivity index is 1.07. The van der Waals surface area contributed by atoms with Crippen LogP contribution >= 0.6 is 0 Å². The van der Waals surface area contributed by atoms with E-state index in [2.05, 4.69) is 16.0 Å². The van der Waals surface area contributed by atoms with E-state index < -0.39 is 384 Å². The SMILES string of the molecule is CC(=O)N[C@H]1[C@H](O[C@@H]([C@H](O)[C@H](CO)NC(C)=O)[C@H](O)CO[C@@H]2O[C@@H](C)[C@@H](O)[C@@H](O)[C@@H]2O)O[C@H](CO)[C@@H](O[C@@H]2O[C@H](CO[C@H]3O[C@H](CO[C@H]4O[C@H](CO)[C@@H](O)[C@H](O)[C@@H]4O)[C@@H](O)[C@H](O[C@H]4O[C@H](CO)[C@@H](O)[C@H](O)[C@@H]4O)[C@@H]3O)[C@@H](O)[C@H](O[C@H]3O[C@H](CO)[C@@H](O)[C@H](O)[C@@H]3O[C@@H]3O[C@H](CO)[C@@H](O[C@@H]4O[C@H](CO)[C@H](O)[C@H](O)[C@H]4O)[C@H](O)[C@H]3NC(C)=O)[C@@H]2O)[C@@H]1O. The molecule has 692 valence electrons. The average molecular weight is 1750 g/mol. The number of carbonyl (C=O) groups is 3. The molecule has 0 aromatic rings. The molecule has 9 fully saturated rings. The number of rotatable bonds is 34. The first-order chi connectivity index (χ1) is 56.2. The molecule has 9 rings (SSSR count). The summed E-state index contributed by atoms with van der Waals surface area (Å²) in [4.78, 5) is 38.5. The lowest BCUT2D eigenvalue weighted by molar-refractivity contribution is -0.398. The van der Waals surface area contributed by atoms with Gasteiger partial charge in [0.25, 0.3) is 0 Å². The van der Waals surface area contributed by atoms with Crippen LogP contribution in [0.25, 0.3) is 0 Å². The third-order valence-electron chi connectivity index (χ3n) is 21.6. The number of carbonyl (C=O) groups excluding carboxylic acids is 3. The van der Waals surface area contributed by atoms with Gasteiger partial charge in [-0.05, 0) is 6.92 Å². The Morgan fingerprint density at radius 3 is 1.08 bits per heavy atom. The first-order valence-electron chi connectivity index (χ1n) is 37.9. The Morgan fingerprint density at radius 1 is 0.311 bits per heavy atom. The van der Waals surface area contributed by atoms with Crippen molar-refractivity contribution in [2.45, 2.75) is 328 Å². The molecule has 53 nitrogen and oxygen atoms in total. The van der Waals surface area contributed by atoms with Gasteiger partial charge in [-0.15, -0.1) is 0 Å². The van der Waals surface area contributed by atoms with Crippen LogP contribution in [0.3, 0.4) is 0 Å². The van der Waals surface area contributed by atoms with Crippen molar-refractivity contribution in [2.24, 2.45) is 0 Å². The van der Waals surface area contributed by atoms with Gasteiger partial charge in [-0.3, -0.25) is 14.4 Å². The highest BCUT2D eigenvalue weighted by atomic mass is 16.8. The van der Waals surface area contributed by atoms with Crippen molar-refractivity contribution in [1.82, 2.24) is 16.0 Å². The van der Waals surface area contributed by atoms with Gasteiger partial charge < -0.3 is 249 Å². The predicted molar refractivity (Wildman–Crippen MR) is 365 cm³/mol. The largest absolute Gasteiger partial charge is 0.394 e. The van der Waals surface area contributed by atoms with Crippen LogP contribution in [-0.2, 0) is 99.6 Å². The van der Waals surface area contributed by atoms with E-state index in [0.29, 0.717) is 0 Å². The molecular formula is C66H113N3O50. The monoisotopic (exact) mass is 1750 g/mol. The zero-order valence-electron chi connectivity index (χ0n) is 63.9. The van der Waals surface area contributed by atoms with Gasteiger partial charge in [0, 0.05) is 20.8 Å². The van der Waals surface area contributed by atoms with E-state index in [4.69, 9.17) is 85.3 Å². The number of hydrogen-bond acceptors (Lipinski definition) is 50. The van der Waals surface area contributed by atoms with E-state index in [1.165, 1.54) is 6.92 Å². The smallest absolute Gasteiger partial charge is 0.217 e. The van der Waals surface area contributed by atoms with Crippen LogP contribution in [0.4, 0.5) is 0 Å². The number of nitrogens with one attached hydrogen (secondary N) is 3. The molecule has 9 heterocycles. The molecule has 9 aliphatic rings. The first-order valence-corrected chi connectivity index (χ1v) is 37.9. The van der Waals surface area contributed by atoms with Crippen LogP contribution in [0, 0.1) is 0 Å². The lowest BCUT2D eigenvalue weighted by Crippen LogP contribution is -2.70. The molecule has 0 aromatic carbocycles. The Bertz CT molecular complexity index is 3100. The third-order valence-corrected chi connectivity index (χ3v) is 21.6. The van der Waals surface area contributed by atoms with E-state index in [1.807, 2.05) is 0 Å². The molecule has 0 unspecified atom stereocenters. The van der Waals surface area contributed by atoms with Gasteiger partial charge in [-0.1, -0.05) is 0 Å². The van der Waals surface area contributed by atoms with Crippen LogP contribution in [0.1, 0.15) is 27.7 Å². The Kier molecular flexibility index (Phi) is 36.6. The minimum absolute atomic E-state index is 0.871. The van der Waals surface area contributed by atoms with Crippen molar-refractivity contribution in [2.75, 3.05) is 66.1 Å². The van der Waals surface area contributed by atoms with Crippen molar-refractivity contribution >= 4 is 17.7 Å². The summed E-state index contributed by atoms with van der Waals surface area (Å²) >= 11 is 0. The molecule has 3 amide bonds. The summed E-state index contributed by atoms with van der Waals surface area (Å²) in [6.07, 6.45) is -97.3. The lowest BCUT2D eigenvalue weighted by Gasteiger charge is -2.51. The summed E-state index contributed by atoms with van der Waals surface area (Å²) in [6.45, 7) is -7.06. The van der Waals surface area contributed by atoms with E-state index in [1.54, 1.807) is 0 Å². The number of ether oxygens (including phenoxy) is 18. The summed E-state index contributed by atoms with van der Waals surface area (Å²) < 4.78 is 105. The van der Waals surface area contributed by atoms with Gasteiger partial charge in [0.15, 0.2) is 56.6 Å². The van der Waals surface area contributed by atoms with Crippen molar-refractivity contribution in [3.8, 4) is 0 Å². The van der Waals surface area contributed by atoms with Crippen LogP contribution in [-0.4, -0.2) is 532 Å². The highest BCUT2D eigenvalue weighted by Gasteiger charge is 2.61. The van der Waals surface area contributed by atoms with Crippen LogP contribution in [0.15, 0.2) is 0 Å². The topological polar surface area (TPSA) is 840 Å². The molecule has 119 heavy (non-hydrogen) atoms. The summed E-state index contributed by atoms with van der Waals surface area (Å²) in [5.74, 6) is -2.89. The average Bonchev–Trinajstić information content (AvgIpc) is 0.772. The van der Waals surface area contributed by atoms with Crippen LogP contribution in [0.5, 0.6) is 0 Å². The lowest BCUT2D eigenvalue weighted by atomic mass is 9.94. The molecule has 32 N–H and O–H groups in total. The maximum atomic E-state index is 13.2. The second-order valence-corrected chi connectivity index (χ2v) is 30.1.